The van der Waals surface area contributed by atoms with Crippen LogP contribution in [0.25, 0.3) is 21.6 Å². The highest BCUT2D eigenvalue weighted by Crippen LogP contribution is 2.37. The van der Waals surface area contributed by atoms with Gasteiger partial charge in [0.1, 0.15) is 21.9 Å². The van der Waals surface area contributed by atoms with Crippen molar-refractivity contribution in [2.75, 3.05) is 26.2 Å². The number of fused-ring (bicyclic) bond motifs is 1. The fourth-order valence-corrected chi connectivity index (χ4v) is 8.41. The van der Waals surface area contributed by atoms with Crippen LogP contribution in [0.15, 0.2) is 72.0 Å². The van der Waals surface area contributed by atoms with Crippen molar-refractivity contribution in [3.8, 4) is 10.6 Å². The van der Waals surface area contributed by atoms with Crippen LogP contribution < -0.4 is 5.56 Å². The molecular weight excluding hydrogens is 651 g/mol. The molecule has 2 atom stereocenters. The van der Waals surface area contributed by atoms with Gasteiger partial charge in [-0.25, -0.2) is 9.97 Å². The number of rotatable bonds is 7. The minimum atomic E-state index is -1.13. The molecule has 12 heteroatoms. The van der Waals surface area contributed by atoms with Gasteiger partial charge in [0.2, 0.25) is 5.91 Å². The molecule has 0 aliphatic carbocycles. The molecule has 260 valence electrons. The van der Waals surface area contributed by atoms with Crippen LogP contribution in [0.4, 0.5) is 0 Å². The Morgan fingerprint density at radius 1 is 1.00 bits per heavy atom. The molecule has 5 aromatic rings. The largest absolute Gasteiger partial charge is 0.388 e. The van der Waals surface area contributed by atoms with Crippen molar-refractivity contribution in [1.29, 1.82) is 0 Å². The molecule has 2 aliphatic rings. The Hall–Kier alpha value is -4.68. The van der Waals surface area contributed by atoms with Gasteiger partial charge >= 0.3 is 0 Å². The Bertz CT molecular complexity index is 2080. The summed E-state index contributed by atoms with van der Waals surface area (Å²) in [5.41, 5.74) is 2.85. The highest BCUT2D eigenvalue weighted by molar-refractivity contribution is 7.17. The highest BCUT2D eigenvalue weighted by Gasteiger charge is 2.42. The number of nitrogens with zero attached hydrogens (tertiary/aromatic N) is 7. The van der Waals surface area contributed by atoms with Gasteiger partial charge in [0.05, 0.1) is 23.2 Å². The number of amides is 2. The number of hydrogen-bond donors (Lipinski definition) is 1. The van der Waals surface area contributed by atoms with Crippen molar-refractivity contribution in [3.05, 3.63) is 99.4 Å². The molecule has 11 nitrogen and oxygen atoms in total. The Labute approximate surface area is 295 Å². The second kappa shape index (κ2) is 13.6. The molecule has 6 heterocycles. The molecule has 4 aromatic heterocycles. The first-order valence-electron chi connectivity index (χ1n) is 17.3. The van der Waals surface area contributed by atoms with E-state index in [4.69, 9.17) is 4.98 Å². The van der Waals surface area contributed by atoms with E-state index in [0.717, 1.165) is 21.8 Å². The minimum absolute atomic E-state index is 0.0476. The Morgan fingerprint density at radius 3 is 2.46 bits per heavy atom. The second-order valence-electron chi connectivity index (χ2n) is 14.1. The molecule has 0 unspecified atom stereocenters. The van der Waals surface area contributed by atoms with Crippen molar-refractivity contribution in [3.63, 3.8) is 0 Å². The number of thiazole rings is 1. The van der Waals surface area contributed by atoms with E-state index in [1.807, 2.05) is 90.7 Å². The first kappa shape index (κ1) is 33.8. The lowest BCUT2D eigenvalue weighted by Crippen LogP contribution is -2.53. The molecule has 1 N–H and O–H groups in total. The van der Waals surface area contributed by atoms with E-state index in [1.165, 1.54) is 22.2 Å². The maximum absolute atomic E-state index is 14.2. The summed E-state index contributed by atoms with van der Waals surface area (Å²) in [7, 11) is 0. The number of aryl methyl sites for hydroxylation is 2. The number of benzene rings is 1. The SMILES string of the molecule is Cc1ccc(-c2nc(C)c(C(=O)N3CC[C@@H](C(=O)N4CCC(O)(Cn5cnc6c(ccn6C(C)C)c5=O)CC4)[C@H](c4ccccc4)C3)s2)cn1. The van der Waals surface area contributed by atoms with Crippen LogP contribution in [0.5, 0.6) is 0 Å². The zero-order valence-corrected chi connectivity index (χ0v) is 29.8. The summed E-state index contributed by atoms with van der Waals surface area (Å²) in [6.07, 6.45) is 6.42. The maximum Gasteiger partial charge on any atom is 0.265 e. The van der Waals surface area contributed by atoms with Crippen LogP contribution in [0, 0.1) is 19.8 Å². The standard InChI is InChI=1S/C38H43N7O4S/c1-24(2)45-17-13-30-33(45)40-23-44(36(30)47)22-38(49)14-18-42(19-15-38)35(46)29-12-16-43(21-31(29)27-8-6-5-7-9-27)37(48)32-26(4)41-34(50-32)28-11-10-25(3)39-20-28/h5-11,13,17,20,23-24,29,31,49H,12,14-16,18-19,21-22H2,1-4H3/t29-,31+/m1/s1. The van der Waals surface area contributed by atoms with Gasteiger partial charge in [-0.15, -0.1) is 11.3 Å². The van der Waals surface area contributed by atoms with Crippen LogP contribution in [0.2, 0.25) is 0 Å². The molecule has 2 amide bonds. The average molecular weight is 694 g/mol. The highest BCUT2D eigenvalue weighted by atomic mass is 32.1. The molecule has 2 saturated heterocycles. The Morgan fingerprint density at radius 2 is 1.76 bits per heavy atom. The fourth-order valence-electron chi connectivity index (χ4n) is 7.38. The Kier molecular flexibility index (Phi) is 9.17. The van der Waals surface area contributed by atoms with Gasteiger partial charge in [-0.05, 0) is 70.7 Å². The lowest BCUT2D eigenvalue weighted by atomic mass is 9.79. The van der Waals surface area contributed by atoms with Gasteiger partial charge in [-0.1, -0.05) is 30.3 Å². The second-order valence-corrected chi connectivity index (χ2v) is 15.1. The normalized spacial score (nSPS) is 19.3. The summed E-state index contributed by atoms with van der Waals surface area (Å²) in [6, 6.07) is 15.8. The summed E-state index contributed by atoms with van der Waals surface area (Å²) in [6.45, 7) is 9.67. The van der Waals surface area contributed by atoms with E-state index < -0.39 is 5.60 Å². The number of carbonyl (C=O) groups excluding carboxylic acids is 2. The third kappa shape index (κ3) is 6.49. The number of piperidine rings is 2. The molecular formula is C38H43N7O4S. The first-order chi connectivity index (χ1) is 24.0. The van der Waals surface area contributed by atoms with Crippen LogP contribution >= 0.6 is 11.3 Å². The molecule has 0 spiro atoms. The molecule has 7 rings (SSSR count). The molecule has 2 aliphatic heterocycles. The topological polar surface area (TPSA) is 126 Å². The first-order valence-corrected chi connectivity index (χ1v) is 18.1. The van der Waals surface area contributed by atoms with Gasteiger partial charge in [0.15, 0.2) is 0 Å². The molecule has 0 radical (unpaired) electrons. The van der Waals surface area contributed by atoms with Crippen LogP contribution in [-0.2, 0) is 11.3 Å². The van der Waals surface area contributed by atoms with E-state index in [2.05, 4.69) is 9.97 Å². The number of hydrogen-bond acceptors (Lipinski definition) is 8. The molecule has 50 heavy (non-hydrogen) atoms. The smallest absolute Gasteiger partial charge is 0.265 e. The minimum Gasteiger partial charge on any atom is -0.388 e. The Balaban J connectivity index is 1.04. The van der Waals surface area contributed by atoms with E-state index in [0.29, 0.717) is 67.0 Å². The van der Waals surface area contributed by atoms with Gasteiger partial charge < -0.3 is 19.5 Å². The van der Waals surface area contributed by atoms with Gasteiger partial charge in [0.25, 0.3) is 11.5 Å². The third-order valence-electron chi connectivity index (χ3n) is 10.3. The number of aromatic nitrogens is 5. The van der Waals surface area contributed by atoms with Crippen molar-refractivity contribution in [2.24, 2.45) is 5.92 Å². The maximum atomic E-state index is 14.2. The van der Waals surface area contributed by atoms with Gasteiger partial charge in [-0.2, -0.15) is 0 Å². The third-order valence-corrected chi connectivity index (χ3v) is 11.5. The van der Waals surface area contributed by atoms with Crippen LogP contribution in [-0.4, -0.2) is 82.6 Å². The molecule has 2 fully saturated rings. The van der Waals surface area contributed by atoms with E-state index in [1.54, 1.807) is 12.3 Å². The molecule has 0 bridgehead atoms. The summed E-state index contributed by atoms with van der Waals surface area (Å²) in [5.74, 6) is -0.495. The summed E-state index contributed by atoms with van der Waals surface area (Å²) >= 11 is 1.38. The number of aliphatic hydroxyl groups is 1. The monoisotopic (exact) mass is 693 g/mol. The van der Waals surface area contributed by atoms with E-state index in [-0.39, 0.29) is 41.8 Å². The molecule has 1 aromatic carbocycles. The number of carbonyl (C=O) groups is 2. The summed E-state index contributed by atoms with van der Waals surface area (Å²) in [5, 5.41) is 12.9. The zero-order chi connectivity index (χ0) is 35.2. The van der Waals surface area contributed by atoms with Crippen LogP contribution in [0.1, 0.15) is 71.7 Å². The van der Waals surface area contributed by atoms with Gasteiger partial charge in [-0.3, -0.25) is 23.9 Å². The predicted molar refractivity (Wildman–Crippen MR) is 193 cm³/mol. The predicted octanol–water partition coefficient (Wildman–Crippen LogP) is 5.21. The summed E-state index contributed by atoms with van der Waals surface area (Å²) in [4.78, 5) is 59.4. The summed E-state index contributed by atoms with van der Waals surface area (Å²) < 4.78 is 3.46. The lowest BCUT2D eigenvalue weighted by Gasteiger charge is -2.43. The van der Waals surface area contributed by atoms with Crippen molar-refractivity contribution in [1.82, 2.24) is 33.9 Å². The van der Waals surface area contributed by atoms with Crippen molar-refractivity contribution in [2.45, 2.75) is 71.1 Å². The van der Waals surface area contributed by atoms with Crippen molar-refractivity contribution >= 4 is 34.2 Å². The zero-order valence-electron chi connectivity index (χ0n) is 29.0. The lowest BCUT2D eigenvalue weighted by molar-refractivity contribution is -0.142. The van der Waals surface area contributed by atoms with Crippen molar-refractivity contribution < 1.29 is 14.7 Å². The fraction of sp³-hybridized carbons (Fsp3) is 0.421. The molecule has 0 saturated carbocycles. The average Bonchev–Trinajstić information content (AvgIpc) is 3.74. The van der Waals surface area contributed by atoms with E-state index in [9.17, 15) is 19.5 Å². The van der Waals surface area contributed by atoms with E-state index >= 15 is 0 Å². The number of likely N-dealkylation sites (tertiary alicyclic amines) is 2. The quantitative estimate of drug-likeness (QED) is 0.248. The number of pyridine rings is 1. The van der Waals surface area contributed by atoms with Crippen LogP contribution in [0.3, 0.4) is 0 Å². The van der Waals surface area contributed by atoms with Gasteiger partial charge in [0, 0.05) is 67.7 Å².